The molecule has 0 radical (unpaired) electrons. The molecule has 2 rings (SSSR count). The number of H-pyrrole nitrogens is 1. The number of carbonyl (C=O) groups excluding carboxylic acids is 2. The van der Waals surface area contributed by atoms with E-state index in [0.717, 1.165) is 0 Å². The van der Waals surface area contributed by atoms with Gasteiger partial charge in [0.05, 0.1) is 13.2 Å². The smallest absolute Gasteiger partial charge is 0.296 e. The van der Waals surface area contributed by atoms with E-state index in [1.165, 1.54) is 4.90 Å². The molecule has 1 aliphatic rings. The Balaban J connectivity index is 2.12. The number of nitrogens with one attached hydrogen (secondary N) is 2. The van der Waals surface area contributed by atoms with E-state index in [0.29, 0.717) is 19.7 Å². The molecule has 0 bridgehead atoms. The lowest BCUT2D eigenvalue weighted by molar-refractivity contribution is -0.130. The van der Waals surface area contributed by atoms with Crippen molar-refractivity contribution in [2.24, 2.45) is 0 Å². The molecule has 1 aliphatic heterocycles. The number of aromatic amines is 1. The standard InChI is InChI=1S/C9H14N6O3/c1-2-10-8(16)6-5-18-4-3-15(6)9(17)7-11-13-14-12-7/h6H,2-5H2,1H3,(H,10,16)(H,11,12,13,14). The first-order chi connectivity index (χ1) is 8.74. The molecule has 1 unspecified atom stereocenters. The Morgan fingerprint density at radius 3 is 3.11 bits per heavy atom. The molecule has 0 saturated carbocycles. The van der Waals surface area contributed by atoms with E-state index in [-0.39, 0.29) is 18.3 Å². The zero-order valence-electron chi connectivity index (χ0n) is 9.92. The third-order valence-corrected chi connectivity index (χ3v) is 2.58. The number of morpholine rings is 1. The first-order valence-corrected chi connectivity index (χ1v) is 5.64. The van der Waals surface area contributed by atoms with Gasteiger partial charge in [-0.05, 0) is 12.1 Å². The summed E-state index contributed by atoms with van der Waals surface area (Å²) in [7, 11) is 0. The van der Waals surface area contributed by atoms with Crippen LogP contribution in [0.5, 0.6) is 0 Å². The first kappa shape index (κ1) is 12.4. The van der Waals surface area contributed by atoms with Crippen LogP contribution in [0.25, 0.3) is 0 Å². The molecular weight excluding hydrogens is 240 g/mol. The summed E-state index contributed by atoms with van der Waals surface area (Å²) in [5.74, 6) is -0.719. The number of aromatic nitrogens is 4. The molecule has 18 heavy (non-hydrogen) atoms. The fourth-order valence-electron chi connectivity index (χ4n) is 1.74. The number of hydrogen-bond donors (Lipinski definition) is 2. The van der Waals surface area contributed by atoms with Crippen LogP contribution >= 0.6 is 0 Å². The summed E-state index contributed by atoms with van der Waals surface area (Å²) in [4.78, 5) is 25.3. The van der Waals surface area contributed by atoms with Crippen molar-refractivity contribution in [1.29, 1.82) is 0 Å². The van der Waals surface area contributed by atoms with Gasteiger partial charge >= 0.3 is 0 Å². The average molecular weight is 254 g/mol. The molecule has 0 aliphatic carbocycles. The normalized spacial score (nSPS) is 19.6. The zero-order valence-corrected chi connectivity index (χ0v) is 9.92. The van der Waals surface area contributed by atoms with Crippen molar-refractivity contribution >= 4 is 11.8 Å². The summed E-state index contributed by atoms with van der Waals surface area (Å²) in [5, 5.41) is 15.4. The highest BCUT2D eigenvalue weighted by Gasteiger charge is 2.34. The van der Waals surface area contributed by atoms with E-state index in [1.807, 2.05) is 6.92 Å². The number of nitrogens with zero attached hydrogens (tertiary/aromatic N) is 4. The predicted molar refractivity (Wildman–Crippen MR) is 58.5 cm³/mol. The Bertz CT molecular complexity index is 420. The second-order valence-electron chi connectivity index (χ2n) is 3.72. The highest BCUT2D eigenvalue weighted by Crippen LogP contribution is 2.10. The molecule has 1 atom stereocenters. The van der Waals surface area contributed by atoms with E-state index in [9.17, 15) is 9.59 Å². The third kappa shape index (κ3) is 2.45. The minimum atomic E-state index is -0.648. The van der Waals surface area contributed by atoms with E-state index in [1.54, 1.807) is 0 Å². The van der Waals surface area contributed by atoms with Crippen LogP contribution in [0, 0.1) is 0 Å². The molecule has 2 amide bonds. The molecule has 1 aromatic rings. The fraction of sp³-hybridized carbons (Fsp3) is 0.667. The second-order valence-corrected chi connectivity index (χ2v) is 3.72. The molecule has 0 spiro atoms. The van der Waals surface area contributed by atoms with Gasteiger partial charge in [-0.25, -0.2) is 0 Å². The predicted octanol–water partition coefficient (Wildman–Crippen LogP) is -1.82. The number of ether oxygens (including phenoxy) is 1. The maximum Gasteiger partial charge on any atom is 0.296 e. The van der Waals surface area contributed by atoms with Gasteiger partial charge < -0.3 is 15.0 Å². The second kappa shape index (κ2) is 5.54. The maximum atomic E-state index is 12.1. The number of carbonyl (C=O) groups is 2. The van der Waals surface area contributed by atoms with Crippen LogP contribution in [0.3, 0.4) is 0 Å². The van der Waals surface area contributed by atoms with Crippen LogP contribution in [-0.4, -0.2) is 69.7 Å². The summed E-state index contributed by atoms with van der Waals surface area (Å²) in [6.07, 6.45) is 0. The first-order valence-electron chi connectivity index (χ1n) is 5.64. The maximum absolute atomic E-state index is 12.1. The van der Waals surface area contributed by atoms with Gasteiger partial charge in [-0.3, -0.25) is 9.59 Å². The molecule has 0 aromatic carbocycles. The van der Waals surface area contributed by atoms with Gasteiger partial charge in [0.2, 0.25) is 5.91 Å². The van der Waals surface area contributed by atoms with Crippen molar-refractivity contribution in [2.75, 3.05) is 26.3 Å². The molecule has 9 nitrogen and oxygen atoms in total. The Morgan fingerprint density at radius 1 is 1.61 bits per heavy atom. The van der Waals surface area contributed by atoms with Crippen molar-refractivity contribution in [3.05, 3.63) is 5.82 Å². The van der Waals surface area contributed by atoms with Gasteiger partial charge in [0.25, 0.3) is 11.7 Å². The van der Waals surface area contributed by atoms with Crippen LogP contribution in [0.2, 0.25) is 0 Å². The minimum Gasteiger partial charge on any atom is -0.377 e. The van der Waals surface area contributed by atoms with Gasteiger partial charge in [-0.1, -0.05) is 0 Å². The molecule has 2 N–H and O–H groups in total. The largest absolute Gasteiger partial charge is 0.377 e. The van der Waals surface area contributed by atoms with Gasteiger partial charge in [-0.15, -0.1) is 10.2 Å². The fourth-order valence-corrected chi connectivity index (χ4v) is 1.74. The van der Waals surface area contributed by atoms with Crippen molar-refractivity contribution in [2.45, 2.75) is 13.0 Å². The molecule has 1 aromatic heterocycles. The molecule has 1 fully saturated rings. The number of tetrazole rings is 1. The monoisotopic (exact) mass is 254 g/mol. The SMILES string of the molecule is CCNC(=O)C1COCCN1C(=O)c1nn[nH]n1. The minimum absolute atomic E-state index is 0.0498. The Hall–Kier alpha value is -2.03. The topological polar surface area (TPSA) is 113 Å². The molecule has 9 heteroatoms. The lowest BCUT2D eigenvalue weighted by Gasteiger charge is -2.33. The third-order valence-electron chi connectivity index (χ3n) is 2.58. The summed E-state index contributed by atoms with van der Waals surface area (Å²) < 4.78 is 5.23. The van der Waals surface area contributed by atoms with Crippen molar-refractivity contribution < 1.29 is 14.3 Å². The summed E-state index contributed by atoms with van der Waals surface area (Å²) in [6.45, 7) is 3.20. The number of amides is 2. The zero-order chi connectivity index (χ0) is 13.0. The lowest BCUT2D eigenvalue weighted by Crippen LogP contribution is -2.56. The van der Waals surface area contributed by atoms with Gasteiger partial charge in [0, 0.05) is 13.1 Å². The Kier molecular flexibility index (Phi) is 3.82. The van der Waals surface area contributed by atoms with Gasteiger partial charge in [0.1, 0.15) is 6.04 Å². The summed E-state index contributed by atoms with van der Waals surface area (Å²) >= 11 is 0. The molecular formula is C9H14N6O3. The molecule has 2 heterocycles. The number of rotatable bonds is 3. The summed E-state index contributed by atoms with van der Waals surface area (Å²) in [6, 6.07) is -0.648. The van der Waals surface area contributed by atoms with E-state index in [4.69, 9.17) is 4.74 Å². The van der Waals surface area contributed by atoms with E-state index < -0.39 is 11.9 Å². The Morgan fingerprint density at radius 2 is 2.44 bits per heavy atom. The quantitative estimate of drug-likeness (QED) is 0.656. The van der Waals surface area contributed by atoms with Crippen LogP contribution in [0.15, 0.2) is 0 Å². The molecule has 1 saturated heterocycles. The van der Waals surface area contributed by atoms with E-state index >= 15 is 0 Å². The van der Waals surface area contributed by atoms with E-state index in [2.05, 4.69) is 25.9 Å². The van der Waals surface area contributed by atoms with Crippen molar-refractivity contribution in [1.82, 2.24) is 30.8 Å². The van der Waals surface area contributed by atoms with Crippen LogP contribution in [0.4, 0.5) is 0 Å². The Labute approximate surface area is 103 Å². The van der Waals surface area contributed by atoms with Crippen molar-refractivity contribution in [3.63, 3.8) is 0 Å². The highest BCUT2D eigenvalue weighted by molar-refractivity contribution is 5.94. The van der Waals surface area contributed by atoms with Crippen LogP contribution in [0.1, 0.15) is 17.5 Å². The van der Waals surface area contributed by atoms with Crippen LogP contribution in [-0.2, 0) is 9.53 Å². The molecule has 98 valence electrons. The highest BCUT2D eigenvalue weighted by atomic mass is 16.5. The van der Waals surface area contributed by atoms with Crippen molar-refractivity contribution in [3.8, 4) is 0 Å². The van der Waals surface area contributed by atoms with Gasteiger partial charge in [-0.2, -0.15) is 5.21 Å². The number of hydrogen-bond acceptors (Lipinski definition) is 6. The summed E-state index contributed by atoms with van der Waals surface area (Å²) in [5.41, 5.74) is 0. The van der Waals surface area contributed by atoms with Gasteiger partial charge in [0.15, 0.2) is 0 Å². The van der Waals surface area contributed by atoms with Crippen LogP contribution < -0.4 is 5.32 Å². The number of likely N-dealkylation sites (N-methyl/N-ethyl adjacent to an activating group) is 1. The lowest BCUT2D eigenvalue weighted by atomic mass is 10.2. The average Bonchev–Trinajstić information content (AvgIpc) is 2.92.